The maximum atomic E-state index is 12.6. The van der Waals surface area contributed by atoms with Gasteiger partial charge in [-0.1, -0.05) is 48.1 Å². The van der Waals surface area contributed by atoms with Crippen molar-refractivity contribution in [2.45, 2.75) is 32.1 Å². The summed E-state index contributed by atoms with van der Waals surface area (Å²) in [6.45, 7) is 0. The van der Waals surface area contributed by atoms with Crippen LogP contribution in [0.25, 0.3) is 10.8 Å². The standard InChI is InChI=1S/C29H25ClN4O/c30-24-12-11-23-19-34-29(32)25(26(23)18-24)13-8-20-6-9-22(10-7-20)28(35)5-3-1-2-4-27(31)21-14-16-33-17-15-21/h6-7,9-12,14-19,31H,1-5H2,(H2,32,34). The van der Waals surface area contributed by atoms with Crippen LogP contribution in [0.1, 0.15) is 59.2 Å². The van der Waals surface area contributed by atoms with E-state index in [0.29, 0.717) is 40.5 Å². The number of unbranched alkanes of at least 4 members (excludes halogenated alkanes) is 2. The highest BCUT2D eigenvalue weighted by Gasteiger charge is 2.08. The van der Waals surface area contributed by atoms with Crippen molar-refractivity contribution in [2.24, 2.45) is 0 Å². The summed E-state index contributed by atoms with van der Waals surface area (Å²) >= 11 is 6.15. The van der Waals surface area contributed by atoms with Gasteiger partial charge in [0, 0.05) is 57.6 Å². The fourth-order valence-corrected chi connectivity index (χ4v) is 3.98. The van der Waals surface area contributed by atoms with E-state index in [9.17, 15) is 4.79 Å². The molecule has 0 amide bonds. The van der Waals surface area contributed by atoms with E-state index in [-0.39, 0.29) is 5.78 Å². The van der Waals surface area contributed by atoms with Gasteiger partial charge in [-0.2, -0.15) is 0 Å². The Morgan fingerprint density at radius 1 is 0.914 bits per heavy atom. The maximum Gasteiger partial charge on any atom is 0.162 e. The van der Waals surface area contributed by atoms with Crippen LogP contribution in [-0.4, -0.2) is 21.5 Å². The Labute approximate surface area is 209 Å². The van der Waals surface area contributed by atoms with Gasteiger partial charge in [0.15, 0.2) is 5.78 Å². The third-order valence-electron chi connectivity index (χ3n) is 5.78. The zero-order valence-corrected chi connectivity index (χ0v) is 20.0. The molecule has 4 aromatic rings. The molecule has 0 spiro atoms. The van der Waals surface area contributed by atoms with Gasteiger partial charge in [-0.25, -0.2) is 4.98 Å². The molecular formula is C29H25ClN4O. The van der Waals surface area contributed by atoms with Crippen LogP contribution in [0.2, 0.25) is 5.02 Å². The van der Waals surface area contributed by atoms with Crippen molar-refractivity contribution < 1.29 is 4.79 Å². The van der Waals surface area contributed by atoms with Gasteiger partial charge >= 0.3 is 0 Å². The van der Waals surface area contributed by atoms with Gasteiger partial charge in [0.1, 0.15) is 5.82 Å². The van der Waals surface area contributed by atoms with Gasteiger partial charge in [0.25, 0.3) is 0 Å². The normalized spacial score (nSPS) is 10.5. The number of fused-ring (bicyclic) bond motifs is 1. The first kappa shape index (κ1) is 24.1. The number of rotatable bonds is 8. The van der Waals surface area contributed by atoms with Crippen molar-refractivity contribution >= 4 is 39.7 Å². The molecule has 2 heterocycles. The molecule has 0 unspecified atom stereocenters. The lowest BCUT2D eigenvalue weighted by Crippen LogP contribution is -2.01. The van der Waals surface area contributed by atoms with Crippen molar-refractivity contribution in [2.75, 3.05) is 5.73 Å². The Morgan fingerprint density at radius 2 is 1.66 bits per heavy atom. The third kappa shape index (κ3) is 6.32. The molecular weight excluding hydrogens is 456 g/mol. The fourth-order valence-electron chi connectivity index (χ4n) is 3.81. The minimum atomic E-state index is 0.117. The van der Waals surface area contributed by atoms with E-state index in [2.05, 4.69) is 21.8 Å². The number of hydrogen-bond donors (Lipinski definition) is 2. The van der Waals surface area contributed by atoms with Crippen LogP contribution in [0.15, 0.2) is 73.2 Å². The number of pyridine rings is 2. The second-order valence-corrected chi connectivity index (χ2v) is 8.71. The van der Waals surface area contributed by atoms with Gasteiger partial charge in [0.2, 0.25) is 0 Å². The molecule has 0 fully saturated rings. The summed E-state index contributed by atoms with van der Waals surface area (Å²) < 4.78 is 0. The third-order valence-corrected chi connectivity index (χ3v) is 6.02. The summed E-state index contributed by atoms with van der Waals surface area (Å²) in [5.74, 6) is 6.70. The zero-order chi connectivity index (χ0) is 24.6. The Balaban J connectivity index is 1.31. The van der Waals surface area contributed by atoms with Gasteiger partial charge in [0.05, 0.1) is 5.56 Å². The van der Waals surface area contributed by atoms with Gasteiger partial charge in [-0.15, -0.1) is 0 Å². The highest BCUT2D eigenvalue weighted by Crippen LogP contribution is 2.25. The monoisotopic (exact) mass is 480 g/mol. The summed E-state index contributed by atoms with van der Waals surface area (Å²) in [5, 5.41) is 10.5. The zero-order valence-electron chi connectivity index (χ0n) is 19.2. The largest absolute Gasteiger partial charge is 0.383 e. The minimum Gasteiger partial charge on any atom is -0.383 e. The molecule has 0 aliphatic rings. The molecule has 0 saturated carbocycles. The second-order valence-electron chi connectivity index (χ2n) is 8.28. The lowest BCUT2D eigenvalue weighted by atomic mass is 10.0. The van der Waals surface area contributed by atoms with E-state index in [4.69, 9.17) is 22.7 Å². The van der Waals surface area contributed by atoms with Crippen LogP contribution in [0.4, 0.5) is 5.82 Å². The van der Waals surface area contributed by atoms with Gasteiger partial charge in [-0.05, 0) is 61.2 Å². The predicted octanol–water partition coefficient (Wildman–Crippen LogP) is 6.47. The quantitative estimate of drug-likeness (QED) is 0.131. The molecule has 0 aliphatic heterocycles. The molecule has 35 heavy (non-hydrogen) atoms. The van der Waals surface area contributed by atoms with Crippen molar-refractivity contribution in [3.8, 4) is 11.8 Å². The van der Waals surface area contributed by atoms with Crippen LogP contribution < -0.4 is 5.73 Å². The van der Waals surface area contributed by atoms with Crippen molar-refractivity contribution in [3.63, 3.8) is 0 Å². The number of halogens is 1. The van der Waals surface area contributed by atoms with Crippen LogP contribution >= 0.6 is 11.6 Å². The number of benzene rings is 2. The van der Waals surface area contributed by atoms with Crippen molar-refractivity contribution in [1.82, 2.24) is 9.97 Å². The Bertz CT molecular complexity index is 1420. The molecule has 0 saturated heterocycles. The average Bonchev–Trinajstić information content (AvgIpc) is 2.88. The summed E-state index contributed by atoms with van der Waals surface area (Å²) in [6, 6.07) is 16.6. The van der Waals surface area contributed by atoms with E-state index in [1.165, 1.54) is 0 Å². The Morgan fingerprint density at radius 3 is 2.43 bits per heavy atom. The SMILES string of the molecule is N=C(CCCCCC(=O)c1ccc(C#Cc2c(N)ncc3ccc(Cl)cc23)cc1)c1ccncc1. The number of ketones is 1. The van der Waals surface area contributed by atoms with E-state index in [1.807, 2.05) is 54.6 Å². The second kappa shape index (κ2) is 11.4. The molecule has 0 radical (unpaired) electrons. The number of Topliss-reactive ketones (excluding diaryl/α,β-unsaturated/α-hetero) is 1. The number of aromatic nitrogens is 2. The number of carbonyl (C=O) groups is 1. The number of hydrogen-bond acceptors (Lipinski definition) is 5. The minimum absolute atomic E-state index is 0.117. The molecule has 2 aromatic carbocycles. The van der Waals surface area contributed by atoms with Gasteiger partial charge in [-0.3, -0.25) is 9.78 Å². The van der Waals surface area contributed by atoms with E-state index < -0.39 is 0 Å². The number of nitrogens with one attached hydrogen (secondary N) is 1. The van der Waals surface area contributed by atoms with E-state index in [1.54, 1.807) is 18.6 Å². The highest BCUT2D eigenvalue weighted by molar-refractivity contribution is 6.31. The molecule has 174 valence electrons. The highest BCUT2D eigenvalue weighted by atomic mass is 35.5. The van der Waals surface area contributed by atoms with Crippen LogP contribution in [0, 0.1) is 17.3 Å². The van der Waals surface area contributed by atoms with Crippen LogP contribution in [0.3, 0.4) is 0 Å². The molecule has 5 nitrogen and oxygen atoms in total. The van der Waals surface area contributed by atoms with E-state index >= 15 is 0 Å². The lowest BCUT2D eigenvalue weighted by molar-refractivity contribution is 0.0979. The summed E-state index contributed by atoms with van der Waals surface area (Å²) in [7, 11) is 0. The Hall–Kier alpha value is -4.01. The molecule has 2 aromatic heterocycles. The van der Waals surface area contributed by atoms with Crippen LogP contribution in [0.5, 0.6) is 0 Å². The first-order valence-electron chi connectivity index (χ1n) is 11.5. The Kier molecular flexibility index (Phi) is 7.87. The number of nitrogens with two attached hydrogens (primary N) is 1. The molecule has 4 rings (SSSR count). The lowest BCUT2D eigenvalue weighted by Gasteiger charge is -2.05. The summed E-state index contributed by atoms with van der Waals surface area (Å²) in [5.41, 5.74) is 9.69. The number of nitrogens with zero attached hydrogens (tertiary/aromatic N) is 2. The fraction of sp³-hybridized carbons (Fsp3) is 0.172. The van der Waals surface area contributed by atoms with Crippen molar-refractivity contribution in [1.29, 1.82) is 5.41 Å². The molecule has 6 heteroatoms. The first-order chi connectivity index (χ1) is 17.0. The number of anilines is 1. The van der Waals surface area contributed by atoms with Crippen molar-refractivity contribution in [3.05, 3.63) is 100 Å². The maximum absolute atomic E-state index is 12.6. The molecule has 0 bridgehead atoms. The first-order valence-corrected chi connectivity index (χ1v) is 11.9. The summed E-state index contributed by atoms with van der Waals surface area (Å²) in [6.07, 6.45) is 8.91. The molecule has 0 aliphatic carbocycles. The summed E-state index contributed by atoms with van der Waals surface area (Å²) in [4.78, 5) is 20.8. The van der Waals surface area contributed by atoms with Crippen LogP contribution in [-0.2, 0) is 0 Å². The molecule has 3 N–H and O–H groups in total. The smallest absolute Gasteiger partial charge is 0.162 e. The number of nitrogen functional groups attached to an aromatic ring is 1. The average molecular weight is 481 g/mol. The number of carbonyl (C=O) groups excluding carboxylic acids is 1. The van der Waals surface area contributed by atoms with E-state index in [0.717, 1.165) is 41.2 Å². The predicted molar refractivity (Wildman–Crippen MR) is 142 cm³/mol. The van der Waals surface area contributed by atoms with Gasteiger partial charge < -0.3 is 11.1 Å². The topological polar surface area (TPSA) is 92.7 Å². The molecule has 0 atom stereocenters.